The molecule has 0 fully saturated rings. The number of rotatable bonds is 4. The SMILES string of the molecule is CC(C)(F)/C=C/CCC(C)(C)N. The molecule has 0 amide bonds. The van der Waals surface area contributed by atoms with Crippen LogP contribution >= 0.6 is 0 Å². The van der Waals surface area contributed by atoms with Crippen LogP contribution in [0.2, 0.25) is 0 Å². The van der Waals surface area contributed by atoms with Crippen molar-refractivity contribution in [1.82, 2.24) is 0 Å². The highest BCUT2D eigenvalue weighted by atomic mass is 19.1. The van der Waals surface area contributed by atoms with Crippen molar-refractivity contribution in [2.75, 3.05) is 0 Å². The molecule has 0 heterocycles. The fraction of sp³-hybridized carbons (Fsp3) is 0.800. The molecule has 0 saturated carbocycles. The van der Waals surface area contributed by atoms with Gasteiger partial charge in [0.2, 0.25) is 0 Å². The summed E-state index contributed by atoms with van der Waals surface area (Å²) in [5.74, 6) is 0. The predicted octanol–water partition coefficient (Wildman–Crippen LogP) is 2.81. The molecule has 0 aromatic carbocycles. The highest BCUT2D eigenvalue weighted by molar-refractivity contribution is 4.96. The van der Waals surface area contributed by atoms with Gasteiger partial charge in [-0.15, -0.1) is 0 Å². The average Bonchev–Trinajstić information content (AvgIpc) is 1.76. The van der Waals surface area contributed by atoms with Crippen molar-refractivity contribution >= 4 is 0 Å². The van der Waals surface area contributed by atoms with Gasteiger partial charge in [0, 0.05) is 5.54 Å². The van der Waals surface area contributed by atoms with Crippen LogP contribution in [-0.4, -0.2) is 11.2 Å². The zero-order valence-corrected chi connectivity index (χ0v) is 8.52. The summed E-state index contributed by atoms with van der Waals surface area (Å²) in [5.41, 5.74) is 4.41. The lowest BCUT2D eigenvalue weighted by Gasteiger charge is -2.16. The molecule has 0 aliphatic rings. The number of nitrogens with two attached hydrogens (primary N) is 1. The topological polar surface area (TPSA) is 26.0 Å². The van der Waals surface area contributed by atoms with Crippen LogP contribution in [-0.2, 0) is 0 Å². The van der Waals surface area contributed by atoms with Crippen LogP contribution in [0.1, 0.15) is 40.5 Å². The van der Waals surface area contributed by atoms with Gasteiger partial charge < -0.3 is 5.73 Å². The van der Waals surface area contributed by atoms with Gasteiger partial charge in [-0.2, -0.15) is 0 Å². The van der Waals surface area contributed by atoms with E-state index in [1.165, 1.54) is 13.8 Å². The molecular formula is C10H20FN. The van der Waals surface area contributed by atoms with Crippen LogP contribution in [0.3, 0.4) is 0 Å². The van der Waals surface area contributed by atoms with Gasteiger partial charge in [-0.3, -0.25) is 0 Å². The van der Waals surface area contributed by atoms with Crippen LogP contribution < -0.4 is 5.73 Å². The lowest BCUT2D eigenvalue weighted by molar-refractivity contribution is 0.286. The minimum atomic E-state index is -1.20. The maximum Gasteiger partial charge on any atom is 0.123 e. The number of halogens is 1. The molecule has 0 rings (SSSR count). The van der Waals surface area contributed by atoms with Crippen LogP contribution in [0, 0.1) is 0 Å². The van der Waals surface area contributed by atoms with Crippen molar-refractivity contribution in [3.63, 3.8) is 0 Å². The molecule has 2 heteroatoms. The molecule has 0 bridgehead atoms. The summed E-state index contributed by atoms with van der Waals surface area (Å²) in [6, 6.07) is 0. The van der Waals surface area contributed by atoms with Crippen molar-refractivity contribution < 1.29 is 4.39 Å². The molecule has 0 spiro atoms. The second kappa shape index (κ2) is 4.04. The van der Waals surface area contributed by atoms with Crippen LogP contribution in [0.4, 0.5) is 4.39 Å². The normalized spacial score (nSPS) is 14.2. The summed E-state index contributed by atoms with van der Waals surface area (Å²) in [6.07, 6.45) is 5.17. The number of allylic oxidation sites excluding steroid dienone is 2. The van der Waals surface area contributed by atoms with Crippen LogP contribution in [0.25, 0.3) is 0 Å². The van der Waals surface area contributed by atoms with Crippen molar-refractivity contribution in [2.45, 2.75) is 51.7 Å². The largest absolute Gasteiger partial charge is 0.326 e. The number of hydrogen-bond donors (Lipinski definition) is 1. The smallest absolute Gasteiger partial charge is 0.123 e. The Labute approximate surface area is 74.8 Å². The lowest BCUT2D eigenvalue weighted by atomic mass is 9.99. The lowest BCUT2D eigenvalue weighted by Crippen LogP contribution is -2.31. The molecule has 0 aliphatic heterocycles. The van der Waals surface area contributed by atoms with Gasteiger partial charge in [0.05, 0.1) is 0 Å². The fourth-order valence-electron chi connectivity index (χ4n) is 0.819. The van der Waals surface area contributed by atoms with Crippen LogP contribution in [0.5, 0.6) is 0 Å². The van der Waals surface area contributed by atoms with E-state index in [2.05, 4.69) is 0 Å². The molecule has 0 aliphatic carbocycles. The van der Waals surface area contributed by atoms with E-state index < -0.39 is 5.67 Å². The summed E-state index contributed by atoms with van der Waals surface area (Å²) < 4.78 is 12.9. The molecule has 2 N–H and O–H groups in total. The Balaban J connectivity index is 3.64. The molecule has 0 atom stereocenters. The minimum Gasteiger partial charge on any atom is -0.326 e. The van der Waals surface area contributed by atoms with E-state index in [1.54, 1.807) is 6.08 Å². The highest BCUT2D eigenvalue weighted by Gasteiger charge is 2.10. The summed E-state index contributed by atoms with van der Waals surface area (Å²) in [7, 11) is 0. The first-order valence-electron chi connectivity index (χ1n) is 4.36. The Morgan fingerprint density at radius 1 is 1.25 bits per heavy atom. The first-order valence-corrected chi connectivity index (χ1v) is 4.36. The van der Waals surface area contributed by atoms with Gasteiger partial charge in [-0.1, -0.05) is 12.2 Å². The third kappa shape index (κ3) is 9.63. The van der Waals surface area contributed by atoms with E-state index in [0.29, 0.717) is 0 Å². The van der Waals surface area contributed by atoms with Gasteiger partial charge in [-0.25, -0.2) is 4.39 Å². The molecule has 0 aromatic rings. The fourth-order valence-corrected chi connectivity index (χ4v) is 0.819. The molecule has 0 saturated heterocycles. The van der Waals surface area contributed by atoms with E-state index in [9.17, 15) is 4.39 Å². The molecular weight excluding hydrogens is 153 g/mol. The Kier molecular flexibility index (Phi) is 3.91. The highest BCUT2D eigenvalue weighted by Crippen LogP contribution is 2.12. The Hall–Kier alpha value is -0.370. The zero-order chi connectivity index (χ0) is 9.83. The van der Waals surface area contributed by atoms with Gasteiger partial charge in [0.25, 0.3) is 0 Å². The molecule has 0 radical (unpaired) electrons. The monoisotopic (exact) mass is 173 g/mol. The van der Waals surface area contributed by atoms with Crippen molar-refractivity contribution in [2.24, 2.45) is 5.73 Å². The van der Waals surface area contributed by atoms with Crippen LogP contribution in [0.15, 0.2) is 12.2 Å². The van der Waals surface area contributed by atoms with E-state index in [4.69, 9.17) is 5.73 Å². The first kappa shape index (κ1) is 11.6. The van der Waals surface area contributed by atoms with Gasteiger partial charge in [0.15, 0.2) is 0 Å². The summed E-state index contributed by atoms with van der Waals surface area (Å²) in [6.45, 7) is 7.02. The third-order valence-corrected chi connectivity index (χ3v) is 1.47. The predicted molar refractivity (Wildman–Crippen MR) is 51.8 cm³/mol. The van der Waals surface area contributed by atoms with E-state index in [1.807, 2.05) is 19.9 Å². The van der Waals surface area contributed by atoms with Gasteiger partial charge in [-0.05, 0) is 40.5 Å². The number of hydrogen-bond acceptors (Lipinski definition) is 1. The molecule has 72 valence electrons. The van der Waals surface area contributed by atoms with Gasteiger partial charge >= 0.3 is 0 Å². The van der Waals surface area contributed by atoms with Crippen molar-refractivity contribution in [3.8, 4) is 0 Å². The zero-order valence-electron chi connectivity index (χ0n) is 8.52. The standard InChI is InChI=1S/C10H20FN/c1-9(2,11)7-5-6-8-10(3,4)12/h5,7H,6,8,12H2,1-4H3/b7-5+. The van der Waals surface area contributed by atoms with Crippen molar-refractivity contribution in [3.05, 3.63) is 12.2 Å². The Morgan fingerprint density at radius 3 is 2.08 bits per heavy atom. The molecule has 1 nitrogen and oxygen atoms in total. The second-order valence-electron chi connectivity index (χ2n) is 4.49. The molecule has 0 aromatic heterocycles. The van der Waals surface area contributed by atoms with E-state index in [0.717, 1.165) is 12.8 Å². The third-order valence-electron chi connectivity index (χ3n) is 1.47. The summed E-state index contributed by atoms with van der Waals surface area (Å²) in [5, 5.41) is 0. The average molecular weight is 173 g/mol. The van der Waals surface area contributed by atoms with E-state index in [-0.39, 0.29) is 5.54 Å². The minimum absolute atomic E-state index is 0.148. The van der Waals surface area contributed by atoms with E-state index >= 15 is 0 Å². The van der Waals surface area contributed by atoms with Gasteiger partial charge in [0.1, 0.15) is 5.67 Å². The van der Waals surface area contributed by atoms with Crippen molar-refractivity contribution in [1.29, 1.82) is 0 Å². The first-order chi connectivity index (χ1) is 5.21. The molecule has 0 unspecified atom stereocenters. The second-order valence-corrected chi connectivity index (χ2v) is 4.49. The Morgan fingerprint density at radius 2 is 1.75 bits per heavy atom. The maximum absolute atomic E-state index is 12.9. The maximum atomic E-state index is 12.9. The number of alkyl halides is 1. The Bertz CT molecular complexity index is 148. The quantitative estimate of drug-likeness (QED) is 0.650. The summed E-state index contributed by atoms with van der Waals surface area (Å²) >= 11 is 0. The summed E-state index contributed by atoms with van der Waals surface area (Å²) in [4.78, 5) is 0. The molecule has 12 heavy (non-hydrogen) atoms.